The average Bonchev–Trinajstić information content (AvgIpc) is 2.44. The molecule has 108 valence electrons. The summed E-state index contributed by atoms with van der Waals surface area (Å²) < 4.78 is 0. The summed E-state index contributed by atoms with van der Waals surface area (Å²) in [5.41, 5.74) is 7.27. The number of rotatable bonds is 4. The van der Waals surface area contributed by atoms with Crippen LogP contribution in [0.25, 0.3) is 11.1 Å². The Labute approximate surface area is 125 Å². The summed E-state index contributed by atoms with van der Waals surface area (Å²) in [6.07, 6.45) is 3.45. The van der Waals surface area contributed by atoms with Crippen LogP contribution in [0.3, 0.4) is 0 Å². The summed E-state index contributed by atoms with van der Waals surface area (Å²) in [5, 5.41) is 17.9. The Balaban J connectivity index is 2.45. The first-order valence-corrected chi connectivity index (χ1v) is 7.15. The normalized spacial score (nSPS) is 10.4. The summed E-state index contributed by atoms with van der Waals surface area (Å²) in [7, 11) is 0. The third-order valence-corrected chi connectivity index (χ3v) is 3.69. The minimum Gasteiger partial charge on any atom is -0.396 e. The van der Waals surface area contributed by atoms with E-state index in [0.717, 1.165) is 24.0 Å². The van der Waals surface area contributed by atoms with Crippen molar-refractivity contribution in [2.45, 2.75) is 33.6 Å². The summed E-state index contributed by atoms with van der Waals surface area (Å²) in [5.74, 6) is 0. The summed E-state index contributed by atoms with van der Waals surface area (Å²) in [6, 6.07) is 8.47. The second-order valence-corrected chi connectivity index (χ2v) is 5.43. The number of nitriles is 1. The molecule has 0 radical (unpaired) electrons. The molecule has 0 aliphatic heterocycles. The van der Waals surface area contributed by atoms with E-state index in [9.17, 15) is 0 Å². The molecule has 1 aromatic heterocycles. The zero-order valence-electron chi connectivity index (χ0n) is 12.8. The van der Waals surface area contributed by atoms with Crippen molar-refractivity contribution in [3.8, 4) is 17.2 Å². The van der Waals surface area contributed by atoms with Crippen molar-refractivity contribution in [1.29, 1.82) is 5.26 Å². The standard InChI is InChI=1S/C18H20N2O/c1-12-9-16(11-20-17(12)10-19)18-13(2)7-15(5-4-6-21)8-14(18)3/h7-9,11,21H,4-6H2,1-3H3. The Hall–Kier alpha value is -2.18. The highest BCUT2D eigenvalue weighted by Crippen LogP contribution is 2.29. The molecule has 0 saturated carbocycles. The molecule has 0 spiro atoms. The fourth-order valence-corrected chi connectivity index (χ4v) is 2.76. The van der Waals surface area contributed by atoms with Crippen molar-refractivity contribution in [3.05, 3.63) is 52.3 Å². The largest absolute Gasteiger partial charge is 0.396 e. The highest BCUT2D eigenvalue weighted by molar-refractivity contribution is 5.71. The minimum atomic E-state index is 0.221. The maximum atomic E-state index is 8.97. The molecule has 0 saturated heterocycles. The second kappa shape index (κ2) is 6.51. The molecule has 1 N–H and O–H groups in total. The number of hydrogen-bond acceptors (Lipinski definition) is 3. The third kappa shape index (κ3) is 3.29. The van der Waals surface area contributed by atoms with Gasteiger partial charge in [0.2, 0.25) is 0 Å². The first kappa shape index (κ1) is 15.2. The van der Waals surface area contributed by atoms with E-state index in [-0.39, 0.29) is 6.61 Å². The van der Waals surface area contributed by atoms with Gasteiger partial charge in [0.25, 0.3) is 0 Å². The summed E-state index contributed by atoms with van der Waals surface area (Å²) in [6.45, 7) is 6.32. The maximum absolute atomic E-state index is 8.97. The molecule has 0 bridgehead atoms. The van der Waals surface area contributed by atoms with Crippen LogP contribution in [-0.4, -0.2) is 16.7 Å². The number of aliphatic hydroxyl groups excluding tert-OH is 1. The molecule has 0 aliphatic carbocycles. The van der Waals surface area contributed by atoms with Crippen molar-refractivity contribution in [2.75, 3.05) is 6.61 Å². The SMILES string of the molecule is Cc1cc(-c2c(C)cc(CCCO)cc2C)cnc1C#N. The predicted octanol–water partition coefficient (Wildman–Crippen LogP) is 3.47. The monoisotopic (exact) mass is 280 g/mol. The summed E-state index contributed by atoms with van der Waals surface area (Å²) >= 11 is 0. The molecule has 0 unspecified atom stereocenters. The number of aliphatic hydroxyl groups is 1. The van der Waals surface area contributed by atoms with Crippen LogP contribution in [0.4, 0.5) is 0 Å². The van der Waals surface area contributed by atoms with E-state index in [1.807, 2.05) is 13.0 Å². The van der Waals surface area contributed by atoms with Crippen molar-refractivity contribution in [1.82, 2.24) is 4.98 Å². The number of benzene rings is 1. The molecule has 2 aromatic rings. The van der Waals surface area contributed by atoms with Gasteiger partial charge in [-0.15, -0.1) is 0 Å². The molecule has 2 rings (SSSR count). The molecular weight excluding hydrogens is 260 g/mol. The lowest BCUT2D eigenvalue weighted by molar-refractivity contribution is 0.288. The predicted molar refractivity (Wildman–Crippen MR) is 84.0 cm³/mol. The number of pyridine rings is 1. The van der Waals surface area contributed by atoms with Crippen molar-refractivity contribution in [3.63, 3.8) is 0 Å². The Morgan fingerprint density at radius 2 is 1.76 bits per heavy atom. The number of aromatic nitrogens is 1. The Kier molecular flexibility index (Phi) is 4.72. The van der Waals surface area contributed by atoms with Crippen LogP contribution in [0, 0.1) is 32.1 Å². The molecule has 0 fully saturated rings. The Bertz CT molecular complexity index is 676. The van der Waals surface area contributed by atoms with E-state index in [2.05, 4.69) is 37.0 Å². The Morgan fingerprint density at radius 3 is 2.29 bits per heavy atom. The van der Waals surface area contributed by atoms with Crippen LogP contribution in [0.1, 0.15) is 34.4 Å². The molecule has 1 aromatic carbocycles. The highest BCUT2D eigenvalue weighted by atomic mass is 16.2. The molecule has 1 heterocycles. The molecule has 21 heavy (non-hydrogen) atoms. The van der Waals surface area contributed by atoms with Crippen molar-refractivity contribution in [2.24, 2.45) is 0 Å². The first-order valence-electron chi connectivity index (χ1n) is 7.15. The molecule has 3 nitrogen and oxygen atoms in total. The quantitative estimate of drug-likeness (QED) is 0.933. The van der Waals surface area contributed by atoms with Crippen LogP contribution in [-0.2, 0) is 6.42 Å². The van der Waals surface area contributed by atoms with Gasteiger partial charge in [0.05, 0.1) is 0 Å². The van der Waals surface area contributed by atoms with Crippen LogP contribution in [0.2, 0.25) is 0 Å². The molecule has 0 atom stereocenters. The van der Waals surface area contributed by atoms with Gasteiger partial charge in [-0.1, -0.05) is 12.1 Å². The topological polar surface area (TPSA) is 56.9 Å². The fraction of sp³-hybridized carbons (Fsp3) is 0.333. The van der Waals surface area contributed by atoms with Gasteiger partial charge in [0.1, 0.15) is 11.8 Å². The van der Waals surface area contributed by atoms with Crippen LogP contribution < -0.4 is 0 Å². The molecule has 3 heteroatoms. The van der Waals surface area contributed by atoms with Gasteiger partial charge in [-0.25, -0.2) is 4.98 Å². The van der Waals surface area contributed by atoms with E-state index in [1.165, 1.54) is 22.3 Å². The van der Waals surface area contributed by atoms with Gasteiger partial charge in [0, 0.05) is 18.4 Å². The molecule has 0 aliphatic rings. The first-order chi connectivity index (χ1) is 10.1. The van der Waals surface area contributed by atoms with Gasteiger partial charge >= 0.3 is 0 Å². The van der Waals surface area contributed by atoms with E-state index in [1.54, 1.807) is 6.20 Å². The van der Waals surface area contributed by atoms with E-state index >= 15 is 0 Å². The lowest BCUT2D eigenvalue weighted by atomic mass is 9.92. The number of hydrogen-bond donors (Lipinski definition) is 1. The highest BCUT2D eigenvalue weighted by Gasteiger charge is 2.10. The van der Waals surface area contributed by atoms with E-state index in [4.69, 9.17) is 10.4 Å². The van der Waals surface area contributed by atoms with Crippen LogP contribution >= 0.6 is 0 Å². The van der Waals surface area contributed by atoms with Crippen molar-refractivity contribution < 1.29 is 5.11 Å². The van der Waals surface area contributed by atoms with Gasteiger partial charge in [-0.05, 0) is 67.5 Å². The lowest BCUT2D eigenvalue weighted by Gasteiger charge is -2.13. The Morgan fingerprint density at radius 1 is 1.10 bits per heavy atom. The number of nitrogens with zero attached hydrogens (tertiary/aromatic N) is 2. The van der Waals surface area contributed by atoms with E-state index in [0.29, 0.717) is 5.69 Å². The van der Waals surface area contributed by atoms with Gasteiger partial charge < -0.3 is 5.11 Å². The third-order valence-electron chi connectivity index (χ3n) is 3.69. The number of aryl methyl sites for hydroxylation is 4. The zero-order valence-corrected chi connectivity index (χ0v) is 12.8. The van der Waals surface area contributed by atoms with Crippen molar-refractivity contribution >= 4 is 0 Å². The lowest BCUT2D eigenvalue weighted by Crippen LogP contribution is -1.97. The average molecular weight is 280 g/mol. The van der Waals surface area contributed by atoms with Crippen LogP contribution in [0.5, 0.6) is 0 Å². The summed E-state index contributed by atoms with van der Waals surface area (Å²) in [4.78, 5) is 4.23. The van der Waals surface area contributed by atoms with Gasteiger partial charge in [-0.3, -0.25) is 0 Å². The maximum Gasteiger partial charge on any atom is 0.143 e. The van der Waals surface area contributed by atoms with Gasteiger partial charge in [0.15, 0.2) is 0 Å². The minimum absolute atomic E-state index is 0.221. The van der Waals surface area contributed by atoms with E-state index < -0.39 is 0 Å². The van der Waals surface area contributed by atoms with Gasteiger partial charge in [-0.2, -0.15) is 5.26 Å². The zero-order chi connectivity index (χ0) is 15.4. The molecular formula is C18H20N2O. The molecule has 0 amide bonds. The second-order valence-electron chi connectivity index (χ2n) is 5.43. The fourth-order valence-electron chi connectivity index (χ4n) is 2.76. The van der Waals surface area contributed by atoms with Crippen LogP contribution in [0.15, 0.2) is 24.4 Å². The smallest absolute Gasteiger partial charge is 0.143 e.